The molecular weight excluding hydrogens is 346 g/mol. The number of hydrogen-bond acceptors (Lipinski definition) is 3. The van der Waals surface area contributed by atoms with Crippen LogP contribution in [0, 0.1) is 0 Å². The van der Waals surface area contributed by atoms with E-state index in [0.717, 1.165) is 28.3 Å². The number of nitrogens with one attached hydrogen (secondary N) is 2. The van der Waals surface area contributed by atoms with Gasteiger partial charge in [0.15, 0.2) is 5.96 Å². The van der Waals surface area contributed by atoms with Crippen LogP contribution >= 0.6 is 15.9 Å². The molecule has 0 saturated carbocycles. The summed E-state index contributed by atoms with van der Waals surface area (Å²) in [6.45, 7) is 8.19. The minimum absolute atomic E-state index is 0.237. The molecule has 5 nitrogen and oxygen atoms in total. The Kier molecular flexibility index (Phi) is 7.68. The molecule has 0 aliphatic heterocycles. The van der Waals surface area contributed by atoms with Crippen molar-refractivity contribution in [2.24, 2.45) is 4.99 Å². The molecule has 22 heavy (non-hydrogen) atoms. The van der Waals surface area contributed by atoms with Crippen LogP contribution in [0.3, 0.4) is 0 Å². The molecule has 2 N–H and O–H groups in total. The molecule has 0 atom stereocenters. The van der Waals surface area contributed by atoms with Gasteiger partial charge in [-0.15, -0.1) is 0 Å². The average Bonchev–Trinajstić information content (AvgIpc) is 2.50. The van der Waals surface area contributed by atoms with Gasteiger partial charge in [-0.2, -0.15) is 0 Å². The predicted octanol–water partition coefficient (Wildman–Crippen LogP) is 2.94. The maximum Gasteiger partial charge on any atom is 0.191 e. The van der Waals surface area contributed by atoms with E-state index in [4.69, 9.17) is 9.47 Å². The van der Waals surface area contributed by atoms with E-state index in [9.17, 15) is 0 Å². The number of halogens is 1. The van der Waals surface area contributed by atoms with E-state index < -0.39 is 0 Å². The quantitative estimate of drug-likeness (QED) is 0.571. The van der Waals surface area contributed by atoms with E-state index >= 15 is 0 Å². The van der Waals surface area contributed by atoms with Crippen LogP contribution in [0.15, 0.2) is 27.7 Å². The summed E-state index contributed by atoms with van der Waals surface area (Å²) in [4.78, 5) is 4.59. The highest BCUT2D eigenvalue weighted by atomic mass is 79.9. The molecule has 0 fully saturated rings. The van der Waals surface area contributed by atoms with Crippen molar-refractivity contribution in [1.82, 2.24) is 10.6 Å². The van der Waals surface area contributed by atoms with Gasteiger partial charge in [-0.25, -0.2) is 4.99 Å². The van der Waals surface area contributed by atoms with Crippen molar-refractivity contribution in [2.75, 3.05) is 27.3 Å². The zero-order valence-corrected chi connectivity index (χ0v) is 15.6. The molecule has 1 rings (SSSR count). The lowest BCUT2D eigenvalue weighted by atomic mass is 10.1. The van der Waals surface area contributed by atoms with Crippen LogP contribution < -0.4 is 15.4 Å². The van der Waals surface area contributed by atoms with Crippen molar-refractivity contribution in [1.29, 1.82) is 0 Å². The van der Waals surface area contributed by atoms with Gasteiger partial charge in [0.1, 0.15) is 5.75 Å². The monoisotopic (exact) mass is 371 g/mol. The van der Waals surface area contributed by atoms with Crippen LogP contribution in [0.2, 0.25) is 0 Å². The van der Waals surface area contributed by atoms with Crippen LogP contribution in [0.1, 0.15) is 26.3 Å². The number of nitrogens with zero attached hydrogens (tertiary/aromatic N) is 1. The van der Waals surface area contributed by atoms with Gasteiger partial charge in [0, 0.05) is 20.2 Å². The van der Waals surface area contributed by atoms with Crippen molar-refractivity contribution in [3.8, 4) is 5.75 Å². The summed E-state index contributed by atoms with van der Waals surface area (Å²) in [6.07, 6.45) is 0. The fraction of sp³-hybridized carbons (Fsp3) is 0.562. The summed E-state index contributed by atoms with van der Waals surface area (Å²) in [5, 5.41) is 6.53. The molecule has 0 radical (unpaired) electrons. The molecule has 6 heteroatoms. The molecule has 0 unspecified atom stereocenters. The average molecular weight is 372 g/mol. The second-order valence-corrected chi connectivity index (χ2v) is 6.34. The first-order valence-electron chi connectivity index (χ1n) is 7.31. The Morgan fingerprint density at radius 2 is 2.00 bits per heavy atom. The molecule has 0 aliphatic carbocycles. The zero-order valence-electron chi connectivity index (χ0n) is 14.0. The van der Waals surface area contributed by atoms with Gasteiger partial charge in [-0.3, -0.25) is 0 Å². The van der Waals surface area contributed by atoms with Crippen molar-refractivity contribution in [3.05, 3.63) is 28.2 Å². The standard InChI is InChI=1S/C16H26BrN3O2/c1-6-18-15(20-11-16(2,3)22-5)19-10-12-7-8-14(21-4)13(17)9-12/h7-9H,6,10-11H2,1-5H3,(H2,18,19,20). The molecular formula is C16H26BrN3O2. The number of aliphatic imine (C=N–C) groups is 1. The minimum Gasteiger partial charge on any atom is -0.496 e. The highest BCUT2D eigenvalue weighted by Gasteiger charge is 2.16. The van der Waals surface area contributed by atoms with Gasteiger partial charge in [0.2, 0.25) is 0 Å². The predicted molar refractivity (Wildman–Crippen MR) is 94.6 cm³/mol. The Balaban J connectivity index is 2.71. The van der Waals surface area contributed by atoms with Crippen molar-refractivity contribution < 1.29 is 9.47 Å². The highest BCUT2D eigenvalue weighted by Crippen LogP contribution is 2.25. The Hall–Kier alpha value is -1.27. The summed E-state index contributed by atoms with van der Waals surface area (Å²) >= 11 is 3.49. The lowest BCUT2D eigenvalue weighted by Crippen LogP contribution is -2.45. The molecule has 0 heterocycles. The lowest BCUT2D eigenvalue weighted by molar-refractivity contribution is 0.0268. The van der Waals surface area contributed by atoms with E-state index in [1.807, 2.05) is 39.0 Å². The maximum atomic E-state index is 5.40. The number of benzene rings is 1. The Morgan fingerprint density at radius 3 is 2.55 bits per heavy atom. The molecule has 0 spiro atoms. The second-order valence-electron chi connectivity index (χ2n) is 5.48. The third-order valence-corrected chi connectivity index (χ3v) is 3.83. The minimum atomic E-state index is -0.237. The van der Waals surface area contributed by atoms with E-state index in [1.165, 1.54) is 0 Å². The molecule has 0 bridgehead atoms. The SMILES string of the molecule is CCNC(=NCc1ccc(OC)c(Br)c1)NCC(C)(C)OC. The van der Waals surface area contributed by atoms with Crippen molar-refractivity contribution in [3.63, 3.8) is 0 Å². The van der Waals surface area contributed by atoms with Gasteiger partial charge in [-0.1, -0.05) is 6.07 Å². The fourth-order valence-corrected chi connectivity index (χ4v) is 2.28. The summed E-state index contributed by atoms with van der Waals surface area (Å²) in [5.74, 6) is 1.60. The third kappa shape index (κ3) is 6.23. The number of ether oxygens (including phenoxy) is 2. The van der Waals surface area contributed by atoms with Crippen LogP contribution in [-0.4, -0.2) is 38.9 Å². The third-order valence-electron chi connectivity index (χ3n) is 3.21. The van der Waals surface area contributed by atoms with E-state index in [-0.39, 0.29) is 5.60 Å². The summed E-state index contributed by atoms with van der Waals surface area (Å²) in [6, 6.07) is 5.96. The van der Waals surface area contributed by atoms with Crippen molar-refractivity contribution >= 4 is 21.9 Å². The highest BCUT2D eigenvalue weighted by molar-refractivity contribution is 9.10. The Morgan fingerprint density at radius 1 is 1.27 bits per heavy atom. The maximum absolute atomic E-state index is 5.40. The number of hydrogen-bond donors (Lipinski definition) is 2. The Bertz CT molecular complexity index is 504. The normalized spacial score (nSPS) is 12.2. The molecule has 0 aromatic heterocycles. The van der Waals surface area contributed by atoms with Crippen LogP contribution in [0.5, 0.6) is 5.75 Å². The Labute approximate surface area is 141 Å². The molecule has 0 saturated heterocycles. The molecule has 0 amide bonds. The smallest absolute Gasteiger partial charge is 0.191 e. The fourth-order valence-electron chi connectivity index (χ4n) is 1.69. The summed E-state index contributed by atoms with van der Waals surface area (Å²) in [5.41, 5.74) is 0.871. The molecule has 1 aromatic rings. The first-order chi connectivity index (χ1) is 10.4. The van der Waals surface area contributed by atoms with Gasteiger partial charge >= 0.3 is 0 Å². The van der Waals surface area contributed by atoms with E-state index in [1.54, 1.807) is 14.2 Å². The van der Waals surface area contributed by atoms with Crippen molar-refractivity contribution in [2.45, 2.75) is 32.9 Å². The molecule has 1 aromatic carbocycles. The first-order valence-corrected chi connectivity index (χ1v) is 8.11. The number of rotatable bonds is 7. The van der Waals surface area contributed by atoms with E-state index in [0.29, 0.717) is 13.1 Å². The van der Waals surface area contributed by atoms with Gasteiger partial charge in [0.05, 0.1) is 23.7 Å². The van der Waals surface area contributed by atoms with Crippen LogP contribution in [0.25, 0.3) is 0 Å². The molecule has 0 aliphatic rings. The summed E-state index contributed by atoms with van der Waals surface area (Å²) < 4.78 is 11.6. The van der Waals surface area contributed by atoms with Gasteiger partial charge in [-0.05, 0) is 54.4 Å². The van der Waals surface area contributed by atoms with Gasteiger partial charge in [0.25, 0.3) is 0 Å². The zero-order chi connectivity index (χ0) is 16.6. The summed E-state index contributed by atoms with van der Waals surface area (Å²) in [7, 11) is 3.36. The van der Waals surface area contributed by atoms with Gasteiger partial charge < -0.3 is 20.1 Å². The van der Waals surface area contributed by atoms with E-state index in [2.05, 4.69) is 31.6 Å². The van der Waals surface area contributed by atoms with Crippen LogP contribution in [-0.2, 0) is 11.3 Å². The number of methoxy groups -OCH3 is 2. The lowest BCUT2D eigenvalue weighted by Gasteiger charge is -2.24. The largest absolute Gasteiger partial charge is 0.496 e. The topological polar surface area (TPSA) is 54.9 Å². The first kappa shape index (κ1) is 18.8. The second kappa shape index (κ2) is 9.00. The van der Waals surface area contributed by atoms with Crippen LogP contribution in [0.4, 0.5) is 0 Å². The number of guanidine groups is 1. The molecule has 124 valence electrons.